The average molecular weight is 400 g/mol. The molecule has 1 atom stereocenters. The van der Waals surface area contributed by atoms with Crippen LogP contribution >= 0.6 is 0 Å². The lowest BCUT2D eigenvalue weighted by atomic mass is 10.1. The topological polar surface area (TPSA) is 117 Å². The van der Waals surface area contributed by atoms with Gasteiger partial charge in [0.25, 0.3) is 5.91 Å². The maximum Gasteiger partial charge on any atom is 0.305 e. The normalized spacial score (nSPS) is 13.9. The van der Waals surface area contributed by atoms with Gasteiger partial charge in [-0.2, -0.15) is 5.10 Å². The van der Waals surface area contributed by atoms with Gasteiger partial charge in [0.05, 0.1) is 13.7 Å². The van der Waals surface area contributed by atoms with E-state index in [2.05, 4.69) is 9.84 Å². The van der Waals surface area contributed by atoms with Crippen molar-refractivity contribution in [3.8, 4) is 5.75 Å². The molecular formula is C20H24N4O5. The molecule has 9 heteroatoms. The van der Waals surface area contributed by atoms with Crippen molar-refractivity contribution in [1.82, 2.24) is 14.7 Å². The number of nitrogens with zero attached hydrogens (tertiary/aromatic N) is 3. The highest BCUT2D eigenvalue weighted by Crippen LogP contribution is 2.33. The van der Waals surface area contributed by atoms with Gasteiger partial charge in [-0.15, -0.1) is 0 Å². The number of rotatable bonds is 8. The number of ether oxygens (including phenoxy) is 2. The zero-order chi connectivity index (χ0) is 21.1. The third-order valence-corrected chi connectivity index (χ3v) is 5.05. The van der Waals surface area contributed by atoms with Crippen LogP contribution in [0.15, 0.2) is 24.3 Å². The molecule has 2 heterocycles. The van der Waals surface area contributed by atoms with Gasteiger partial charge in [-0.25, -0.2) is 0 Å². The number of esters is 1. The summed E-state index contributed by atoms with van der Waals surface area (Å²) in [4.78, 5) is 37.6. The lowest BCUT2D eigenvalue weighted by molar-refractivity contribution is -0.141. The quantitative estimate of drug-likeness (QED) is 0.663. The first-order valence-electron chi connectivity index (χ1n) is 9.23. The molecule has 1 aliphatic heterocycles. The van der Waals surface area contributed by atoms with E-state index in [1.54, 1.807) is 22.9 Å². The Hall–Kier alpha value is -3.36. The number of benzene rings is 1. The van der Waals surface area contributed by atoms with Gasteiger partial charge in [0, 0.05) is 30.3 Å². The van der Waals surface area contributed by atoms with Gasteiger partial charge in [0.2, 0.25) is 5.91 Å². The molecule has 29 heavy (non-hydrogen) atoms. The number of amides is 2. The lowest BCUT2D eigenvalue weighted by Gasteiger charge is -2.24. The van der Waals surface area contributed by atoms with Crippen molar-refractivity contribution in [1.29, 1.82) is 0 Å². The minimum absolute atomic E-state index is 0.00732. The van der Waals surface area contributed by atoms with Crippen molar-refractivity contribution in [2.24, 2.45) is 12.8 Å². The molecule has 1 unspecified atom stereocenters. The fraction of sp³-hybridized carbons (Fsp3) is 0.400. The number of primary amides is 1. The molecule has 1 aromatic carbocycles. The number of methoxy groups -OCH3 is 1. The molecule has 2 N–H and O–H groups in total. The number of carbonyl (C=O) groups is 3. The highest BCUT2D eigenvalue weighted by atomic mass is 16.5. The van der Waals surface area contributed by atoms with Crippen LogP contribution in [-0.4, -0.2) is 45.6 Å². The predicted octanol–water partition coefficient (Wildman–Crippen LogP) is 1.07. The van der Waals surface area contributed by atoms with Crippen molar-refractivity contribution in [2.75, 3.05) is 7.11 Å². The molecule has 0 saturated carbocycles. The number of aryl methyl sites for hydroxylation is 2. The van der Waals surface area contributed by atoms with Gasteiger partial charge in [0.1, 0.15) is 24.1 Å². The van der Waals surface area contributed by atoms with Crippen LogP contribution in [-0.2, 0) is 34.5 Å². The summed E-state index contributed by atoms with van der Waals surface area (Å²) >= 11 is 0. The maximum atomic E-state index is 12.9. The predicted molar refractivity (Wildman–Crippen MR) is 103 cm³/mol. The van der Waals surface area contributed by atoms with E-state index in [1.165, 1.54) is 12.0 Å². The fourth-order valence-corrected chi connectivity index (χ4v) is 3.38. The second-order valence-corrected chi connectivity index (χ2v) is 6.94. The Morgan fingerprint density at radius 2 is 2.10 bits per heavy atom. The number of carbonyl (C=O) groups excluding carboxylic acids is 3. The van der Waals surface area contributed by atoms with Gasteiger partial charge in [0.15, 0.2) is 0 Å². The summed E-state index contributed by atoms with van der Waals surface area (Å²) in [7, 11) is 3.12. The summed E-state index contributed by atoms with van der Waals surface area (Å²) in [6.45, 7) is 2.39. The molecule has 1 aromatic heterocycles. The minimum Gasteiger partial charge on any atom is -0.487 e. The van der Waals surface area contributed by atoms with Crippen LogP contribution in [0.4, 0.5) is 0 Å². The number of nitrogens with two attached hydrogens (primary N) is 1. The van der Waals surface area contributed by atoms with Crippen LogP contribution in [0.5, 0.6) is 5.75 Å². The van der Waals surface area contributed by atoms with Crippen LogP contribution in [0.3, 0.4) is 0 Å². The Morgan fingerprint density at radius 3 is 2.72 bits per heavy atom. The summed E-state index contributed by atoms with van der Waals surface area (Å²) in [5.41, 5.74) is 8.44. The van der Waals surface area contributed by atoms with Crippen LogP contribution < -0.4 is 10.5 Å². The monoisotopic (exact) mass is 400 g/mol. The van der Waals surface area contributed by atoms with Gasteiger partial charge >= 0.3 is 5.97 Å². The first-order valence-corrected chi connectivity index (χ1v) is 9.23. The minimum atomic E-state index is -0.903. The SMILES string of the molecule is COC(=O)CCC(C(N)=O)N1Cc2c(OCc3cc(C)n(C)n3)cccc2C1=O. The Morgan fingerprint density at radius 1 is 1.34 bits per heavy atom. The fourth-order valence-electron chi connectivity index (χ4n) is 3.38. The molecule has 3 rings (SSSR count). The zero-order valence-corrected chi connectivity index (χ0v) is 16.7. The van der Waals surface area contributed by atoms with E-state index in [0.717, 1.165) is 11.4 Å². The smallest absolute Gasteiger partial charge is 0.305 e. The van der Waals surface area contributed by atoms with E-state index in [1.807, 2.05) is 20.0 Å². The van der Waals surface area contributed by atoms with Crippen molar-refractivity contribution in [2.45, 2.75) is 39.0 Å². The highest BCUT2D eigenvalue weighted by Gasteiger charge is 2.37. The van der Waals surface area contributed by atoms with E-state index >= 15 is 0 Å². The second kappa shape index (κ2) is 8.34. The summed E-state index contributed by atoms with van der Waals surface area (Å²) < 4.78 is 12.3. The van der Waals surface area contributed by atoms with Crippen LogP contribution in [0.2, 0.25) is 0 Å². The Labute approximate surface area is 168 Å². The largest absolute Gasteiger partial charge is 0.487 e. The Bertz CT molecular complexity index is 933. The van der Waals surface area contributed by atoms with Gasteiger partial charge in [-0.1, -0.05) is 6.07 Å². The first kappa shape index (κ1) is 20.4. The van der Waals surface area contributed by atoms with Crippen molar-refractivity contribution in [3.63, 3.8) is 0 Å². The third-order valence-electron chi connectivity index (χ3n) is 5.05. The summed E-state index contributed by atoms with van der Waals surface area (Å²) in [5, 5.41) is 4.36. The lowest BCUT2D eigenvalue weighted by Crippen LogP contribution is -2.45. The third kappa shape index (κ3) is 4.23. The van der Waals surface area contributed by atoms with E-state index in [9.17, 15) is 14.4 Å². The van der Waals surface area contributed by atoms with Crippen molar-refractivity contribution >= 4 is 17.8 Å². The molecule has 1 aliphatic rings. The number of hydrogen-bond donors (Lipinski definition) is 1. The summed E-state index contributed by atoms with van der Waals surface area (Å²) in [6.07, 6.45) is 0.0950. The van der Waals surface area contributed by atoms with Gasteiger partial charge < -0.3 is 20.1 Å². The molecule has 0 fully saturated rings. The van der Waals surface area contributed by atoms with E-state index in [4.69, 9.17) is 10.5 Å². The van der Waals surface area contributed by atoms with Crippen LogP contribution in [0.1, 0.15) is 40.2 Å². The van der Waals surface area contributed by atoms with E-state index in [0.29, 0.717) is 16.9 Å². The summed E-state index contributed by atoms with van der Waals surface area (Å²) in [5.74, 6) is -0.887. The van der Waals surface area contributed by atoms with Crippen LogP contribution in [0.25, 0.3) is 0 Å². The van der Waals surface area contributed by atoms with Crippen LogP contribution in [0, 0.1) is 6.92 Å². The summed E-state index contributed by atoms with van der Waals surface area (Å²) in [6, 6.07) is 6.22. The van der Waals surface area contributed by atoms with Crippen molar-refractivity contribution in [3.05, 3.63) is 46.8 Å². The molecule has 154 valence electrons. The molecule has 2 aromatic rings. The highest BCUT2D eigenvalue weighted by molar-refractivity contribution is 6.01. The number of aromatic nitrogens is 2. The van der Waals surface area contributed by atoms with Crippen molar-refractivity contribution < 1.29 is 23.9 Å². The molecule has 0 aliphatic carbocycles. The first-order chi connectivity index (χ1) is 13.8. The average Bonchev–Trinajstić information content (AvgIpc) is 3.19. The molecule has 0 bridgehead atoms. The molecule has 0 spiro atoms. The standard InChI is InChI=1S/C20H24N4O5/c1-12-9-13(22-23(12)2)11-29-17-6-4-5-14-15(17)10-24(20(14)27)16(19(21)26)7-8-18(25)28-3/h4-6,9,16H,7-8,10-11H2,1-3H3,(H2,21,26). The molecule has 2 amide bonds. The van der Waals surface area contributed by atoms with Gasteiger partial charge in [-0.05, 0) is 31.5 Å². The van der Waals surface area contributed by atoms with E-state index < -0.39 is 17.9 Å². The number of hydrogen-bond acceptors (Lipinski definition) is 6. The second-order valence-electron chi connectivity index (χ2n) is 6.94. The Balaban J connectivity index is 1.77. The van der Waals surface area contributed by atoms with Gasteiger partial charge in [-0.3, -0.25) is 19.1 Å². The maximum absolute atomic E-state index is 12.9. The Kier molecular flexibility index (Phi) is 5.86. The zero-order valence-electron chi connectivity index (χ0n) is 16.7. The molecular weight excluding hydrogens is 376 g/mol. The molecule has 0 radical (unpaired) electrons. The molecule has 9 nitrogen and oxygen atoms in total. The number of fused-ring (bicyclic) bond motifs is 1. The molecule has 0 saturated heterocycles. The van der Waals surface area contributed by atoms with E-state index in [-0.39, 0.29) is 31.9 Å².